The summed E-state index contributed by atoms with van der Waals surface area (Å²) in [6, 6.07) is 4.50. The number of rotatable bonds is 4. The van der Waals surface area contributed by atoms with E-state index >= 15 is 0 Å². The number of hydrogen-bond acceptors (Lipinski definition) is 4. The van der Waals surface area contributed by atoms with Gasteiger partial charge in [0, 0.05) is 18.3 Å². The molecule has 0 spiro atoms. The zero-order valence-corrected chi connectivity index (χ0v) is 14.1. The van der Waals surface area contributed by atoms with Crippen LogP contribution in [0.15, 0.2) is 30.3 Å². The molecule has 0 unspecified atom stereocenters. The van der Waals surface area contributed by atoms with Crippen molar-refractivity contribution in [1.82, 2.24) is 10.3 Å². The number of carboxylic acids is 1. The molecule has 0 atom stereocenters. The van der Waals surface area contributed by atoms with Gasteiger partial charge in [-0.1, -0.05) is 0 Å². The highest BCUT2D eigenvalue weighted by Crippen LogP contribution is 2.30. The van der Waals surface area contributed by atoms with Gasteiger partial charge in [-0.3, -0.25) is 9.59 Å². The largest absolute Gasteiger partial charge is 0.478 e. The fourth-order valence-corrected chi connectivity index (χ4v) is 2.29. The number of carboxylic acid groups (broad SMARTS) is 1. The van der Waals surface area contributed by atoms with Gasteiger partial charge < -0.3 is 15.7 Å². The molecule has 7 nitrogen and oxygen atoms in total. The van der Waals surface area contributed by atoms with Crippen LogP contribution in [0.2, 0.25) is 0 Å². The topological polar surface area (TPSA) is 108 Å². The smallest absolute Gasteiger partial charge is 0.416 e. The van der Waals surface area contributed by atoms with Crippen LogP contribution in [0.1, 0.15) is 42.3 Å². The number of hydrogen-bond donors (Lipinski definition) is 3. The number of nitrogens with zero attached hydrogens (tertiary/aromatic N) is 1. The fourth-order valence-electron chi connectivity index (χ4n) is 2.29. The molecule has 3 N–H and O–H groups in total. The van der Waals surface area contributed by atoms with E-state index in [0.29, 0.717) is 17.8 Å². The van der Waals surface area contributed by atoms with E-state index in [1.807, 2.05) is 0 Å². The van der Waals surface area contributed by atoms with Crippen molar-refractivity contribution in [2.75, 3.05) is 12.4 Å². The Bertz CT molecular complexity index is 926. The first-order valence-electron chi connectivity index (χ1n) is 7.49. The lowest BCUT2D eigenvalue weighted by atomic mass is 10.0. The lowest BCUT2D eigenvalue weighted by molar-refractivity contribution is -0.137. The van der Waals surface area contributed by atoms with Gasteiger partial charge in [0.1, 0.15) is 5.82 Å². The molecular formula is C17H14F3N3O4. The predicted molar refractivity (Wildman–Crippen MR) is 88.7 cm³/mol. The molecule has 1 aromatic carbocycles. The van der Waals surface area contributed by atoms with Gasteiger partial charge >= 0.3 is 12.1 Å². The standard InChI is InChI=1S/C17H14F3N3O4/c1-8-5-9(14(24)21-2)6-13(22-8)23-15(25)11-4-3-10(17(18,19)20)7-12(11)16(26)27/h3-7H,1-2H3,(H,21,24)(H,26,27)(H,22,23,25). The monoisotopic (exact) mass is 381 g/mol. The molecule has 0 aliphatic rings. The Morgan fingerprint density at radius 1 is 1.04 bits per heavy atom. The average molecular weight is 381 g/mol. The van der Waals surface area contributed by atoms with Crippen molar-refractivity contribution in [3.05, 3.63) is 58.3 Å². The van der Waals surface area contributed by atoms with Gasteiger partial charge in [-0.25, -0.2) is 9.78 Å². The molecule has 0 saturated carbocycles. The zero-order valence-electron chi connectivity index (χ0n) is 14.1. The van der Waals surface area contributed by atoms with Crippen molar-refractivity contribution in [3.8, 4) is 0 Å². The van der Waals surface area contributed by atoms with Crippen molar-refractivity contribution in [1.29, 1.82) is 0 Å². The Kier molecular flexibility index (Phi) is 5.48. The quantitative estimate of drug-likeness (QED) is 0.755. The fraction of sp³-hybridized carbons (Fsp3) is 0.176. The third kappa shape index (κ3) is 4.60. The first-order chi connectivity index (χ1) is 12.5. The molecule has 2 rings (SSSR count). The van der Waals surface area contributed by atoms with Gasteiger partial charge in [0.15, 0.2) is 0 Å². The molecule has 0 fully saturated rings. The third-order valence-electron chi connectivity index (χ3n) is 3.51. The molecule has 1 aromatic heterocycles. The Morgan fingerprint density at radius 2 is 1.70 bits per heavy atom. The molecule has 0 bridgehead atoms. The van der Waals surface area contributed by atoms with E-state index in [9.17, 15) is 27.6 Å². The summed E-state index contributed by atoms with van der Waals surface area (Å²) in [6.45, 7) is 1.57. The summed E-state index contributed by atoms with van der Waals surface area (Å²) in [5.41, 5.74) is -1.86. The molecule has 2 amide bonds. The maximum absolute atomic E-state index is 12.8. The minimum Gasteiger partial charge on any atom is -0.478 e. The summed E-state index contributed by atoms with van der Waals surface area (Å²) >= 11 is 0. The third-order valence-corrected chi connectivity index (χ3v) is 3.51. The van der Waals surface area contributed by atoms with Crippen molar-refractivity contribution < 1.29 is 32.7 Å². The second-order valence-electron chi connectivity index (χ2n) is 5.48. The van der Waals surface area contributed by atoms with Crippen molar-refractivity contribution in [3.63, 3.8) is 0 Å². The Morgan fingerprint density at radius 3 is 2.26 bits per heavy atom. The molecule has 2 aromatic rings. The minimum absolute atomic E-state index is 0.0464. The summed E-state index contributed by atoms with van der Waals surface area (Å²) in [5, 5.41) is 13.8. The average Bonchev–Trinajstić information content (AvgIpc) is 2.59. The lowest BCUT2D eigenvalue weighted by Gasteiger charge is -2.12. The first kappa shape index (κ1) is 19.9. The molecule has 27 heavy (non-hydrogen) atoms. The number of benzene rings is 1. The van der Waals surface area contributed by atoms with E-state index in [1.165, 1.54) is 19.2 Å². The molecule has 142 valence electrons. The van der Waals surface area contributed by atoms with Gasteiger partial charge in [-0.05, 0) is 37.3 Å². The van der Waals surface area contributed by atoms with E-state index in [2.05, 4.69) is 15.6 Å². The highest BCUT2D eigenvalue weighted by atomic mass is 19.4. The number of halogens is 3. The van der Waals surface area contributed by atoms with Crippen LogP contribution in [0.3, 0.4) is 0 Å². The number of aryl methyl sites for hydroxylation is 1. The number of pyridine rings is 1. The normalized spacial score (nSPS) is 11.0. The predicted octanol–water partition coefficient (Wildman–Crippen LogP) is 2.72. The zero-order chi connectivity index (χ0) is 20.4. The van der Waals surface area contributed by atoms with Gasteiger partial charge in [0.2, 0.25) is 0 Å². The number of carbonyl (C=O) groups excluding carboxylic acids is 2. The van der Waals surface area contributed by atoms with Gasteiger partial charge in [0.05, 0.1) is 16.7 Å². The van der Waals surface area contributed by atoms with Crippen molar-refractivity contribution in [2.24, 2.45) is 0 Å². The van der Waals surface area contributed by atoms with E-state index in [0.717, 1.165) is 6.07 Å². The molecular weight excluding hydrogens is 367 g/mol. The van der Waals surface area contributed by atoms with Crippen LogP contribution in [0, 0.1) is 6.92 Å². The van der Waals surface area contributed by atoms with Gasteiger partial charge in [-0.15, -0.1) is 0 Å². The Labute approximate surface area is 151 Å². The van der Waals surface area contributed by atoms with E-state index in [4.69, 9.17) is 5.11 Å². The number of nitrogens with one attached hydrogen (secondary N) is 2. The summed E-state index contributed by atoms with van der Waals surface area (Å²) in [7, 11) is 1.41. The van der Waals surface area contributed by atoms with Crippen molar-refractivity contribution in [2.45, 2.75) is 13.1 Å². The van der Waals surface area contributed by atoms with Crippen LogP contribution in [-0.4, -0.2) is 34.9 Å². The summed E-state index contributed by atoms with van der Waals surface area (Å²) in [6.07, 6.45) is -4.75. The summed E-state index contributed by atoms with van der Waals surface area (Å²) in [5.74, 6) is -3.14. The number of aromatic carboxylic acids is 1. The SMILES string of the molecule is CNC(=O)c1cc(C)nc(NC(=O)c2ccc(C(F)(F)F)cc2C(=O)O)c1. The Balaban J connectivity index is 2.40. The highest BCUT2D eigenvalue weighted by Gasteiger charge is 2.32. The van der Waals surface area contributed by atoms with E-state index in [1.54, 1.807) is 6.92 Å². The van der Waals surface area contributed by atoms with Crippen LogP contribution < -0.4 is 10.6 Å². The summed E-state index contributed by atoms with van der Waals surface area (Å²) < 4.78 is 38.3. The first-order valence-corrected chi connectivity index (χ1v) is 7.49. The van der Waals surface area contributed by atoms with Gasteiger partial charge in [-0.2, -0.15) is 13.2 Å². The number of amides is 2. The van der Waals surface area contributed by atoms with Crippen LogP contribution in [0.4, 0.5) is 19.0 Å². The van der Waals surface area contributed by atoms with Crippen LogP contribution in [0.5, 0.6) is 0 Å². The maximum atomic E-state index is 12.8. The van der Waals surface area contributed by atoms with E-state index < -0.39 is 40.7 Å². The second-order valence-corrected chi connectivity index (χ2v) is 5.48. The number of anilines is 1. The number of carbonyl (C=O) groups is 3. The highest BCUT2D eigenvalue weighted by molar-refractivity contribution is 6.10. The van der Waals surface area contributed by atoms with Crippen molar-refractivity contribution >= 4 is 23.6 Å². The second kappa shape index (κ2) is 7.44. The maximum Gasteiger partial charge on any atom is 0.416 e. The van der Waals surface area contributed by atoms with E-state index in [-0.39, 0.29) is 11.4 Å². The molecule has 0 saturated heterocycles. The minimum atomic E-state index is -4.75. The molecule has 0 radical (unpaired) electrons. The Hall–Kier alpha value is -3.43. The lowest BCUT2D eigenvalue weighted by Crippen LogP contribution is -2.21. The van der Waals surface area contributed by atoms with Crippen LogP contribution in [0.25, 0.3) is 0 Å². The molecule has 0 aliphatic heterocycles. The van der Waals surface area contributed by atoms with Crippen LogP contribution in [-0.2, 0) is 6.18 Å². The number of alkyl halides is 3. The van der Waals surface area contributed by atoms with Gasteiger partial charge in [0.25, 0.3) is 11.8 Å². The summed E-state index contributed by atoms with van der Waals surface area (Å²) in [4.78, 5) is 39.4. The molecule has 1 heterocycles. The molecule has 0 aliphatic carbocycles. The van der Waals surface area contributed by atoms with Crippen LogP contribution >= 0.6 is 0 Å². The molecule has 10 heteroatoms. The number of aromatic nitrogens is 1.